The number of phenols is 1. The minimum absolute atomic E-state index is 0.160. The van der Waals surface area contributed by atoms with Crippen LogP contribution in [-0.2, 0) is 0 Å². The number of benzene rings is 1. The number of aromatic carboxylic acids is 1. The van der Waals surface area contributed by atoms with Crippen LogP contribution < -0.4 is 10.5 Å². The summed E-state index contributed by atoms with van der Waals surface area (Å²) in [6.07, 6.45) is 0. The third kappa shape index (κ3) is 1.41. The first-order valence-electron chi connectivity index (χ1n) is 3.57. The summed E-state index contributed by atoms with van der Waals surface area (Å²) in [4.78, 5) is 10.5. The van der Waals surface area contributed by atoms with Crippen LogP contribution in [0.15, 0.2) is 6.07 Å². The number of carboxylic acids is 1. The Hall–Kier alpha value is -1.98. The molecule has 14 heavy (non-hydrogen) atoms. The zero-order valence-corrected chi connectivity index (χ0v) is 7.24. The van der Waals surface area contributed by atoms with Gasteiger partial charge in [0.15, 0.2) is 11.5 Å². The van der Waals surface area contributed by atoms with E-state index in [1.807, 2.05) is 0 Å². The fourth-order valence-corrected chi connectivity index (χ4v) is 1.06. The minimum atomic E-state index is -1.58. The molecule has 0 spiro atoms. The van der Waals surface area contributed by atoms with Crippen molar-refractivity contribution in [2.45, 2.75) is 0 Å². The highest BCUT2D eigenvalue weighted by Gasteiger charge is 2.22. The summed E-state index contributed by atoms with van der Waals surface area (Å²) in [5, 5.41) is 17.9. The minimum Gasteiger partial charge on any atom is -0.504 e. The second-order valence-corrected chi connectivity index (χ2v) is 2.51. The molecule has 0 aliphatic heterocycles. The number of hydrogen-bond donors (Lipinski definition) is 3. The summed E-state index contributed by atoms with van der Waals surface area (Å²) in [7, 11) is 1.19. The number of ether oxygens (including phenoxy) is 1. The molecule has 0 unspecified atom stereocenters. The van der Waals surface area contributed by atoms with Crippen molar-refractivity contribution < 1.29 is 24.1 Å². The number of nitrogen functional groups attached to an aromatic ring is 1. The van der Waals surface area contributed by atoms with Crippen molar-refractivity contribution in [2.24, 2.45) is 0 Å². The van der Waals surface area contributed by atoms with Gasteiger partial charge in [-0.15, -0.1) is 0 Å². The second kappa shape index (κ2) is 3.41. The highest BCUT2D eigenvalue weighted by atomic mass is 19.1. The normalized spacial score (nSPS) is 9.86. The van der Waals surface area contributed by atoms with Gasteiger partial charge in [0.2, 0.25) is 0 Å². The summed E-state index contributed by atoms with van der Waals surface area (Å²) >= 11 is 0. The van der Waals surface area contributed by atoms with E-state index in [1.165, 1.54) is 7.11 Å². The average Bonchev–Trinajstić information content (AvgIpc) is 2.02. The molecule has 0 amide bonds. The molecule has 1 aromatic carbocycles. The van der Waals surface area contributed by atoms with Crippen LogP contribution in [0, 0.1) is 5.82 Å². The van der Waals surface area contributed by atoms with Crippen molar-refractivity contribution in [2.75, 3.05) is 12.8 Å². The van der Waals surface area contributed by atoms with Gasteiger partial charge in [-0.3, -0.25) is 0 Å². The first-order valence-corrected chi connectivity index (χ1v) is 3.57. The van der Waals surface area contributed by atoms with Crippen LogP contribution >= 0.6 is 0 Å². The van der Waals surface area contributed by atoms with E-state index in [-0.39, 0.29) is 11.4 Å². The van der Waals surface area contributed by atoms with Crippen LogP contribution in [-0.4, -0.2) is 23.3 Å². The number of halogens is 1. The van der Waals surface area contributed by atoms with Crippen LogP contribution in [0.25, 0.3) is 0 Å². The summed E-state index contributed by atoms with van der Waals surface area (Å²) in [5.41, 5.74) is 4.27. The standard InChI is InChI=1S/C8H8FNO4/c1-14-7-4(10)2-3(9)5(6(7)11)8(12)13/h2,11H,10H2,1H3,(H,12,13). The third-order valence-electron chi connectivity index (χ3n) is 1.65. The molecule has 0 fully saturated rings. The fourth-order valence-electron chi connectivity index (χ4n) is 1.06. The number of methoxy groups -OCH3 is 1. The molecule has 0 heterocycles. The number of nitrogens with two attached hydrogens (primary N) is 1. The molecule has 0 bridgehead atoms. The van der Waals surface area contributed by atoms with Crippen LogP contribution in [0.4, 0.5) is 10.1 Å². The Morgan fingerprint density at radius 2 is 2.21 bits per heavy atom. The third-order valence-corrected chi connectivity index (χ3v) is 1.65. The van der Waals surface area contributed by atoms with E-state index in [9.17, 15) is 14.3 Å². The Kier molecular flexibility index (Phi) is 2.46. The maximum atomic E-state index is 13.0. The predicted molar refractivity (Wildman–Crippen MR) is 46.0 cm³/mol. The lowest BCUT2D eigenvalue weighted by Gasteiger charge is -2.09. The Morgan fingerprint density at radius 1 is 1.64 bits per heavy atom. The predicted octanol–water partition coefficient (Wildman–Crippen LogP) is 0.820. The number of hydrogen-bond acceptors (Lipinski definition) is 4. The molecule has 0 saturated carbocycles. The number of anilines is 1. The van der Waals surface area contributed by atoms with Crippen LogP contribution in [0.5, 0.6) is 11.5 Å². The smallest absolute Gasteiger partial charge is 0.342 e. The van der Waals surface area contributed by atoms with Crippen molar-refractivity contribution in [3.8, 4) is 11.5 Å². The molecular weight excluding hydrogens is 193 g/mol. The lowest BCUT2D eigenvalue weighted by molar-refractivity contribution is 0.0688. The van der Waals surface area contributed by atoms with E-state index in [4.69, 9.17) is 10.8 Å². The van der Waals surface area contributed by atoms with Gasteiger partial charge >= 0.3 is 5.97 Å². The zero-order valence-electron chi connectivity index (χ0n) is 7.24. The molecule has 1 aromatic rings. The zero-order chi connectivity index (χ0) is 10.9. The molecular formula is C8H8FNO4. The molecule has 0 atom stereocenters. The van der Waals surface area contributed by atoms with Gasteiger partial charge in [0.05, 0.1) is 12.8 Å². The maximum Gasteiger partial charge on any atom is 0.342 e. The van der Waals surface area contributed by atoms with Crippen molar-refractivity contribution in [3.63, 3.8) is 0 Å². The number of carboxylic acid groups (broad SMARTS) is 1. The molecule has 0 radical (unpaired) electrons. The van der Waals surface area contributed by atoms with Crippen LogP contribution in [0.1, 0.15) is 10.4 Å². The summed E-state index contributed by atoms with van der Waals surface area (Å²) in [6.45, 7) is 0. The lowest BCUT2D eigenvalue weighted by atomic mass is 10.1. The van der Waals surface area contributed by atoms with Gasteiger partial charge < -0.3 is 20.7 Å². The van der Waals surface area contributed by atoms with E-state index >= 15 is 0 Å². The van der Waals surface area contributed by atoms with Gasteiger partial charge in [-0.25, -0.2) is 9.18 Å². The number of rotatable bonds is 2. The monoisotopic (exact) mass is 201 g/mol. The maximum absolute atomic E-state index is 13.0. The highest BCUT2D eigenvalue weighted by molar-refractivity contribution is 5.93. The topological polar surface area (TPSA) is 92.8 Å². The SMILES string of the molecule is COc1c(N)cc(F)c(C(=O)O)c1O. The molecule has 4 N–H and O–H groups in total. The highest BCUT2D eigenvalue weighted by Crippen LogP contribution is 2.37. The van der Waals surface area contributed by atoms with E-state index in [2.05, 4.69) is 4.74 Å². The second-order valence-electron chi connectivity index (χ2n) is 2.51. The van der Waals surface area contributed by atoms with Gasteiger partial charge in [-0.2, -0.15) is 0 Å². The Labute approximate surface area is 78.5 Å². The number of carbonyl (C=O) groups is 1. The van der Waals surface area contributed by atoms with Crippen LogP contribution in [0.2, 0.25) is 0 Å². The molecule has 5 nitrogen and oxygen atoms in total. The molecule has 0 aromatic heterocycles. The molecule has 76 valence electrons. The van der Waals surface area contributed by atoms with Gasteiger partial charge in [-0.1, -0.05) is 0 Å². The van der Waals surface area contributed by atoms with Crippen molar-refractivity contribution in [3.05, 3.63) is 17.4 Å². The number of aromatic hydroxyl groups is 1. The van der Waals surface area contributed by atoms with E-state index < -0.39 is 23.1 Å². The quantitative estimate of drug-likeness (QED) is 0.616. The molecule has 6 heteroatoms. The van der Waals surface area contributed by atoms with Gasteiger partial charge in [0.1, 0.15) is 11.4 Å². The van der Waals surface area contributed by atoms with Crippen molar-refractivity contribution in [1.29, 1.82) is 0 Å². The van der Waals surface area contributed by atoms with Gasteiger partial charge in [0.25, 0.3) is 0 Å². The van der Waals surface area contributed by atoms with Gasteiger partial charge in [0, 0.05) is 6.07 Å². The first kappa shape index (κ1) is 10.1. The molecule has 0 saturated heterocycles. The Balaban J connectivity index is 3.52. The summed E-state index contributed by atoms with van der Waals surface area (Å²) < 4.78 is 17.6. The van der Waals surface area contributed by atoms with Crippen molar-refractivity contribution in [1.82, 2.24) is 0 Å². The molecule has 1 rings (SSSR count). The largest absolute Gasteiger partial charge is 0.504 e. The fraction of sp³-hybridized carbons (Fsp3) is 0.125. The first-order chi connectivity index (χ1) is 6.49. The molecule has 0 aliphatic carbocycles. The van der Waals surface area contributed by atoms with E-state index in [0.29, 0.717) is 0 Å². The summed E-state index contributed by atoms with van der Waals surface area (Å²) in [6, 6.07) is 0.780. The van der Waals surface area contributed by atoms with Crippen molar-refractivity contribution >= 4 is 11.7 Å². The van der Waals surface area contributed by atoms with Gasteiger partial charge in [-0.05, 0) is 0 Å². The average molecular weight is 201 g/mol. The summed E-state index contributed by atoms with van der Waals surface area (Å²) in [5.74, 6) is -3.74. The lowest BCUT2D eigenvalue weighted by Crippen LogP contribution is -2.04. The molecule has 0 aliphatic rings. The van der Waals surface area contributed by atoms with E-state index in [1.54, 1.807) is 0 Å². The van der Waals surface area contributed by atoms with E-state index in [0.717, 1.165) is 6.07 Å². The Morgan fingerprint density at radius 3 is 2.64 bits per heavy atom. The Bertz CT molecular complexity index is 391. The van der Waals surface area contributed by atoms with Crippen LogP contribution in [0.3, 0.4) is 0 Å².